The molecule has 0 radical (unpaired) electrons. The van der Waals surface area contributed by atoms with Crippen LogP contribution in [-0.2, 0) is 0 Å². The van der Waals surface area contributed by atoms with Gasteiger partial charge in [-0.15, -0.1) is 0 Å². The highest BCUT2D eigenvalue weighted by Gasteiger charge is 2.19. The summed E-state index contributed by atoms with van der Waals surface area (Å²) in [5.74, 6) is 0.604. The van der Waals surface area contributed by atoms with E-state index in [-0.39, 0.29) is 11.9 Å². The first-order chi connectivity index (χ1) is 9.61. The highest BCUT2D eigenvalue weighted by molar-refractivity contribution is 5.87. The quantitative estimate of drug-likeness (QED) is 0.882. The fraction of sp³-hybridized carbons (Fsp3) is 0.438. The van der Waals surface area contributed by atoms with Crippen molar-refractivity contribution in [3.63, 3.8) is 0 Å². The summed E-state index contributed by atoms with van der Waals surface area (Å²) in [4.78, 5) is 4.36. The molecule has 0 saturated heterocycles. The fourth-order valence-corrected chi connectivity index (χ4v) is 2.91. The second kappa shape index (κ2) is 5.37. The molecule has 1 fully saturated rings. The lowest BCUT2D eigenvalue weighted by Crippen LogP contribution is -2.28. The van der Waals surface area contributed by atoms with Gasteiger partial charge in [-0.2, -0.15) is 0 Å². The zero-order valence-corrected chi connectivity index (χ0v) is 11.6. The van der Waals surface area contributed by atoms with E-state index in [1.807, 2.05) is 13.0 Å². The Labute approximate surface area is 117 Å². The third-order valence-electron chi connectivity index (χ3n) is 4.06. The lowest BCUT2D eigenvalue weighted by molar-refractivity contribution is 0.126. The predicted octanol–water partition coefficient (Wildman–Crippen LogP) is 3.40. The second-order valence-corrected chi connectivity index (χ2v) is 5.66. The number of aliphatic hydroxyl groups excluding tert-OH is 1. The van der Waals surface area contributed by atoms with Crippen LogP contribution < -0.4 is 5.32 Å². The summed E-state index contributed by atoms with van der Waals surface area (Å²) < 4.78 is 13.3. The van der Waals surface area contributed by atoms with E-state index in [9.17, 15) is 9.50 Å². The van der Waals surface area contributed by atoms with Crippen LogP contribution >= 0.6 is 0 Å². The number of pyridine rings is 1. The molecule has 1 heterocycles. The molecule has 106 valence electrons. The number of aliphatic hydroxyl groups is 1. The van der Waals surface area contributed by atoms with Crippen molar-refractivity contribution in [2.24, 2.45) is 0 Å². The van der Waals surface area contributed by atoms with Crippen LogP contribution in [0.3, 0.4) is 0 Å². The van der Waals surface area contributed by atoms with E-state index in [4.69, 9.17) is 0 Å². The Hall–Kier alpha value is -1.68. The van der Waals surface area contributed by atoms with Crippen molar-refractivity contribution in [3.05, 3.63) is 35.8 Å². The molecular weight excluding hydrogens is 255 g/mol. The number of halogens is 1. The number of aromatic nitrogens is 1. The van der Waals surface area contributed by atoms with Crippen LogP contribution in [0.15, 0.2) is 24.4 Å². The average Bonchev–Trinajstić information content (AvgIpc) is 2.42. The molecule has 4 heteroatoms. The number of fused-ring (bicyclic) bond motifs is 1. The van der Waals surface area contributed by atoms with Gasteiger partial charge < -0.3 is 10.4 Å². The first-order valence-electron chi connectivity index (χ1n) is 7.12. The molecule has 1 saturated carbocycles. The molecule has 0 spiro atoms. The molecule has 0 amide bonds. The van der Waals surface area contributed by atoms with Crippen molar-refractivity contribution in [2.45, 2.75) is 44.8 Å². The minimum Gasteiger partial charge on any atom is -0.393 e. The van der Waals surface area contributed by atoms with Crippen LogP contribution in [0.1, 0.15) is 31.2 Å². The molecule has 20 heavy (non-hydrogen) atoms. The van der Waals surface area contributed by atoms with Gasteiger partial charge in [-0.05, 0) is 61.8 Å². The molecular formula is C16H19FN2O. The summed E-state index contributed by atoms with van der Waals surface area (Å²) in [5.41, 5.74) is 0.921. The van der Waals surface area contributed by atoms with Crippen LogP contribution in [0.25, 0.3) is 10.8 Å². The van der Waals surface area contributed by atoms with E-state index in [0.29, 0.717) is 6.04 Å². The first kappa shape index (κ1) is 13.3. The molecule has 3 nitrogen and oxygen atoms in total. The Morgan fingerprint density at radius 3 is 2.70 bits per heavy atom. The number of anilines is 1. The summed E-state index contributed by atoms with van der Waals surface area (Å²) in [6, 6.07) is 5.40. The van der Waals surface area contributed by atoms with Gasteiger partial charge in [0, 0.05) is 17.6 Å². The van der Waals surface area contributed by atoms with Crippen molar-refractivity contribution < 1.29 is 9.50 Å². The Kier molecular flexibility index (Phi) is 3.57. The zero-order chi connectivity index (χ0) is 14.1. The number of hydrogen-bond donors (Lipinski definition) is 2. The van der Waals surface area contributed by atoms with E-state index in [0.717, 1.165) is 47.8 Å². The maximum atomic E-state index is 13.3. The third-order valence-corrected chi connectivity index (χ3v) is 4.06. The van der Waals surface area contributed by atoms with E-state index in [2.05, 4.69) is 10.3 Å². The Bertz CT molecular complexity index is 621. The summed E-state index contributed by atoms with van der Waals surface area (Å²) in [7, 11) is 0. The van der Waals surface area contributed by atoms with Crippen LogP contribution in [0.4, 0.5) is 10.2 Å². The van der Waals surface area contributed by atoms with Gasteiger partial charge in [0.25, 0.3) is 0 Å². The van der Waals surface area contributed by atoms with Crippen molar-refractivity contribution in [1.29, 1.82) is 0 Å². The molecule has 0 atom stereocenters. The second-order valence-electron chi connectivity index (χ2n) is 5.66. The van der Waals surface area contributed by atoms with Crippen LogP contribution in [0.2, 0.25) is 0 Å². The van der Waals surface area contributed by atoms with Gasteiger partial charge in [-0.1, -0.05) is 0 Å². The monoisotopic (exact) mass is 274 g/mol. The molecule has 1 aromatic heterocycles. The summed E-state index contributed by atoms with van der Waals surface area (Å²) in [6.45, 7) is 1.91. The minimum atomic E-state index is -0.223. The number of aryl methyl sites for hydroxylation is 1. The van der Waals surface area contributed by atoms with Gasteiger partial charge in [-0.3, -0.25) is 0 Å². The molecule has 2 N–H and O–H groups in total. The van der Waals surface area contributed by atoms with Crippen molar-refractivity contribution >= 4 is 16.6 Å². The summed E-state index contributed by atoms with van der Waals surface area (Å²) in [6.07, 6.45) is 5.17. The fourth-order valence-electron chi connectivity index (χ4n) is 2.91. The van der Waals surface area contributed by atoms with Gasteiger partial charge in [-0.25, -0.2) is 9.37 Å². The lowest BCUT2D eigenvalue weighted by Gasteiger charge is -2.26. The zero-order valence-electron chi connectivity index (χ0n) is 11.6. The lowest BCUT2D eigenvalue weighted by atomic mass is 9.93. The van der Waals surface area contributed by atoms with E-state index in [1.165, 1.54) is 6.07 Å². The number of nitrogens with zero attached hydrogens (tertiary/aromatic N) is 1. The number of hydrogen-bond acceptors (Lipinski definition) is 3. The molecule has 2 aromatic rings. The highest BCUT2D eigenvalue weighted by Crippen LogP contribution is 2.25. The average molecular weight is 274 g/mol. The Balaban J connectivity index is 1.82. The maximum Gasteiger partial charge on any atom is 0.126 e. The maximum absolute atomic E-state index is 13.3. The first-order valence-corrected chi connectivity index (χ1v) is 7.12. The van der Waals surface area contributed by atoms with E-state index >= 15 is 0 Å². The number of rotatable bonds is 2. The summed E-state index contributed by atoms with van der Waals surface area (Å²) in [5, 5.41) is 14.8. The molecule has 0 aliphatic heterocycles. The highest BCUT2D eigenvalue weighted by atomic mass is 19.1. The third kappa shape index (κ3) is 2.75. The standard InChI is InChI=1S/C16H19FN2O/c1-10-6-12(17)7-11-9-18-16(8-15(10)11)19-13-2-4-14(20)5-3-13/h6-9,13-14,20H,2-5H2,1H3,(H,18,19). The molecule has 1 aromatic carbocycles. The van der Waals surface area contributed by atoms with Gasteiger partial charge in [0.05, 0.1) is 6.10 Å². The number of nitrogens with one attached hydrogen (secondary N) is 1. The molecule has 0 unspecified atom stereocenters. The molecule has 0 bridgehead atoms. The van der Waals surface area contributed by atoms with Gasteiger partial charge in [0.15, 0.2) is 0 Å². The van der Waals surface area contributed by atoms with Crippen LogP contribution in [0.5, 0.6) is 0 Å². The van der Waals surface area contributed by atoms with Crippen molar-refractivity contribution in [2.75, 3.05) is 5.32 Å². The normalized spacial score (nSPS) is 22.9. The Morgan fingerprint density at radius 1 is 1.20 bits per heavy atom. The van der Waals surface area contributed by atoms with Crippen molar-refractivity contribution in [3.8, 4) is 0 Å². The van der Waals surface area contributed by atoms with Gasteiger partial charge in [0.1, 0.15) is 11.6 Å². The minimum absolute atomic E-state index is 0.150. The largest absolute Gasteiger partial charge is 0.393 e. The topological polar surface area (TPSA) is 45.2 Å². The van der Waals surface area contributed by atoms with Gasteiger partial charge in [0.2, 0.25) is 0 Å². The molecule has 3 rings (SSSR count). The van der Waals surface area contributed by atoms with Crippen LogP contribution in [-0.4, -0.2) is 22.2 Å². The molecule has 1 aliphatic rings. The van der Waals surface area contributed by atoms with Crippen LogP contribution in [0, 0.1) is 12.7 Å². The van der Waals surface area contributed by atoms with E-state index < -0.39 is 0 Å². The summed E-state index contributed by atoms with van der Waals surface area (Å²) >= 11 is 0. The smallest absolute Gasteiger partial charge is 0.126 e. The SMILES string of the molecule is Cc1cc(F)cc2cnc(NC3CCC(O)CC3)cc12. The number of benzene rings is 1. The molecule has 1 aliphatic carbocycles. The van der Waals surface area contributed by atoms with Crippen molar-refractivity contribution in [1.82, 2.24) is 4.98 Å². The Morgan fingerprint density at radius 2 is 1.95 bits per heavy atom. The predicted molar refractivity (Wildman–Crippen MR) is 78.3 cm³/mol. The van der Waals surface area contributed by atoms with Gasteiger partial charge >= 0.3 is 0 Å². The van der Waals surface area contributed by atoms with E-state index in [1.54, 1.807) is 12.3 Å².